The van der Waals surface area contributed by atoms with Crippen molar-refractivity contribution in [2.45, 2.75) is 6.92 Å². The van der Waals surface area contributed by atoms with Crippen molar-refractivity contribution in [2.24, 2.45) is 0 Å². The van der Waals surface area contributed by atoms with E-state index < -0.39 is 0 Å². The van der Waals surface area contributed by atoms with E-state index in [-0.39, 0.29) is 23.6 Å². The molecule has 154 valence electrons. The minimum absolute atomic E-state index is 0.193. The zero-order valence-corrected chi connectivity index (χ0v) is 17.0. The zero-order valence-electron chi connectivity index (χ0n) is 16.2. The maximum Gasteiger partial charge on any atom is 0.319 e. The molecule has 0 atom stereocenters. The van der Waals surface area contributed by atoms with Crippen molar-refractivity contribution in [3.05, 3.63) is 77.6 Å². The summed E-state index contributed by atoms with van der Waals surface area (Å²) in [6.45, 7) is 5.69. The van der Waals surface area contributed by atoms with E-state index in [1.807, 2.05) is 0 Å². The second-order valence-corrected chi connectivity index (χ2v) is 7.26. The lowest BCUT2D eigenvalue weighted by atomic mass is 10.2. The first kappa shape index (κ1) is 20.9. The summed E-state index contributed by atoms with van der Waals surface area (Å²) in [6, 6.07) is 11.3. The fourth-order valence-electron chi connectivity index (χ4n) is 2.52. The summed E-state index contributed by atoms with van der Waals surface area (Å²) in [4.78, 5) is 36.8. The number of anilines is 3. The second kappa shape index (κ2) is 9.57. The number of urea groups is 1. The van der Waals surface area contributed by atoms with E-state index in [2.05, 4.69) is 27.8 Å². The molecule has 0 aliphatic heterocycles. The van der Waals surface area contributed by atoms with Gasteiger partial charge in [-0.25, -0.2) is 4.79 Å². The SMILES string of the molecule is C=CCNC(=O)Nc1ccc(NC(=O)c2sc(NC(=O)c3ccco3)cc2C)cc1. The molecule has 0 bridgehead atoms. The van der Waals surface area contributed by atoms with Gasteiger partial charge < -0.3 is 25.7 Å². The molecule has 8 nitrogen and oxygen atoms in total. The number of rotatable bonds is 7. The first-order valence-corrected chi connectivity index (χ1v) is 9.80. The molecular formula is C21H20N4O4S. The molecule has 0 aliphatic rings. The topological polar surface area (TPSA) is 112 Å². The highest BCUT2D eigenvalue weighted by Gasteiger charge is 2.17. The van der Waals surface area contributed by atoms with Crippen LogP contribution >= 0.6 is 11.3 Å². The van der Waals surface area contributed by atoms with Crippen LogP contribution in [0.2, 0.25) is 0 Å². The van der Waals surface area contributed by atoms with Gasteiger partial charge in [0.1, 0.15) is 0 Å². The molecule has 1 aromatic carbocycles. The van der Waals surface area contributed by atoms with E-state index in [9.17, 15) is 14.4 Å². The standard InChI is InChI=1S/C21H20N4O4S/c1-3-10-22-21(28)24-15-8-6-14(7-9-15)23-20(27)18-13(2)12-17(30-18)25-19(26)16-5-4-11-29-16/h3-9,11-12H,1,10H2,2H3,(H,23,27)(H,25,26)(H2,22,24,28). The Labute approximate surface area is 177 Å². The Hall–Kier alpha value is -3.85. The van der Waals surface area contributed by atoms with Crippen molar-refractivity contribution in [2.75, 3.05) is 22.5 Å². The molecule has 0 aliphatic carbocycles. The number of furan rings is 1. The highest BCUT2D eigenvalue weighted by molar-refractivity contribution is 7.18. The van der Waals surface area contributed by atoms with Gasteiger partial charge in [0.2, 0.25) is 0 Å². The summed E-state index contributed by atoms with van der Waals surface area (Å²) in [5.74, 6) is -0.479. The third-order valence-corrected chi connectivity index (χ3v) is 5.06. The van der Waals surface area contributed by atoms with Crippen molar-refractivity contribution >= 4 is 45.6 Å². The lowest BCUT2D eigenvalue weighted by molar-refractivity contribution is 0.0995. The summed E-state index contributed by atoms with van der Waals surface area (Å²) < 4.78 is 5.06. The van der Waals surface area contributed by atoms with Gasteiger partial charge in [-0.1, -0.05) is 6.08 Å². The molecule has 9 heteroatoms. The molecule has 2 heterocycles. The fraction of sp³-hybridized carbons (Fsp3) is 0.0952. The van der Waals surface area contributed by atoms with E-state index >= 15 is 0 Å². The number of hydrogen-bond donors (Lipinski definition) is 4. The molecule has 0 saturated heterocycles. The van der Waals surface area contributed by atoms with Crippen molar-refractivity contribution < 1.29 is 18.8 Å². The third kappa shape index (κ3) is 5.36. The maximum absolute atomic E-state index is 12.6. The van der Waals surface area contributed by atoms with E-state index in [0.717, 1.165) is 5.56 Å². The van der Waals surface area contributed by atoms with Crippen LogP contribution in [0.4, 0.5) is 21.2 Å². The Morgan fingerprint density at radius 3 is 2.37 bits per heavy atom. The van der Waals surface area contributed by atoms with Gasteiger partial charge in [0.15, 0.2) is 5.76 Å². The Morgan fingerprint density at radius 2 is 1.73 bits per heavy atom. The predicted molar refractivity (Wildman–Crippen MR) is 117 cm³/mol. The monoisotopic (exact) mass is 424 g/mol. The average molecular weight is 424 g/mol. The highest BCUT2D eigenvalue weighted by Crippen LogP contribution is 2.28. The zero-order chi connectivity index (χ0) is 21.5. The molecule has 4 amide bonds. The van der Waals surface area contributed by atoms with Crippen LogP contribution in [0.25, 0.3) is 0 Å². The summed E-state index contributed by atoms with van der Waals surface area (Å²) in [6.07, 6.45) is 3.00. The van der Waals surface area contributed by atoms with Crippen LogP contribution in [0.15, 0.2) is 65.8 Å². The van der Waals surface area contributed by atoms with Gasteiger partial charge in [0, 0.05) is 17.9 Å². The Balaban J connectivity index is 1.60. The van der Waals surface area contributed by atoms with Gasteiger partial charge in [0.05, 0.1) is 16.1 Å². The van der Waals surface area contributed by atoms with Crippen molar-refractivity contribution in [3.8, 4) is 0 Å². The molecule has 0 fully saturated rings. The van der Waals surface area contributed by atoms with E-state index in [1.54, 1.807) is 55.5 Å². The normalized spacial score (nSPS) is 10.2. The van der Waals surface area contributed by atoms with E-state index in [4.69, 9.17) is 4.42 Å². The lowest BCUT2D eigenvalue weighted by Gasteiger charge is -2.08. The summed E-state index contributed by atoms with van der Waals surface area (Å²) >= 11 is 1.17. The van der Waals surface area contributed by atoms with Crippen LogP contribution in [0.1, 0.15) is 25.8 Å². The van der Waals surface area contributed by atoms with Crippen LogP contribution in [-0.4, -0.2) is 24.4 Å². The second-order valence-electron chi connectivity index (χ2n) is 6.21. The Kier molecular flexibility index (Phi) is 6.66. The van der Waals surface area contributed by atoms with Gasteiger partial charge in [-0.05, 0) is 55.0 Å². The van der Waals surface area contributed by atoms with Crippen LogP contribution < -0.4 is 21.3 Å². The molecule has 0 radical (unpaired) electrons. The first-order valence-electron chi connectivity index (χ1n) is 8.98. The molecule has 2 aromatic heterocycles. The van der Waals surface area contributed by atoms with Crippen molar-refractivity contribution in [1.82, 2.24) is 5.32 Å². The Morgan fingerprint density at radius 1 is 1.03 bits per heavy atom. The molecule has 0 unspecified atom stereocenters. The first-order chi connectivity index (χ1) is 14.5. The molecule has 0 saturated carbocycles. The number of carbonyl (C=O) groups is 3. The van der Waals surface area contributed by atoms with Gasteiger partial charge >= 0.3 is 6.03 Å². The van der Waals surface area contributed by atoms with Crippen LogP contribution in [0, 0.1) is 6.92 Å². The van der Waals surface area contributed by atoms with E-state index in [0.29, 0.717) is 27.8 Å². The van der Waals surface area contributed by atoms with Gasteiger partial charge in [-0.2, -0.15) is 0 Å². The largest absolute Gasteiger partial charge is 0.459 e. The van der Waals surface area contributed by atoms with Gasteiger partial charge in [0.25, 0.3) is 11.8 Å². The Bertz CT molecular complexity index is 1060. The lowest BCUT2D eigenvalue weighted by Crippen LogP contribution is -2.28. The number of amides is 4. The van der Waals surface area contributed by atoms with Crippen molar-refractivity contribution in [3.63, 3.8) is 0 Å². The number of benzene rings is 1. The molecule has 4 N–H and O–H groups in total. The van der Waals surface area contributed by atoms with Gasteiger partial charge in [-0.3, -0.25) is 9.59 Å². The number of thiophene rings is 1. The summed E-state index contributed by atoms with van der Waals surface area (Å²) in [5.41, 5.74) is 1.90. The minimum Gasteiger partial charge on any atom is -0.459 e. The number of nitrogens with one attached hydrogen (secondary N) is 4. The summed E-state index contributed by atoms with van der Waals surface area (Å²) in [5, 5.41) is 11.4. The number of aryl methyl sites for hydroxylation is 1. The average Bonchev–Trinajstić information content (AvgIpc) is 3.38. The quantitative estimate of drug-likeness (QED) is 0.419. The van der Waals surface area contributed by atoms with Crippen LogP contribution in [0.5, 0.6) is 0 Å². The minimum atomic E-state index is -0.381. The van der Waals surface area contributed by atoms with Gasteiger partial charge in [-0.15, -0.1) is 17.9 Å². The van der Waals surface area contributed by atoms with Crippen LogP contribution in [-0.2, 0) is 0 Å². The number of carbonyl (C=O) groups excluding carboxylic acids is 3. The molecule has 30 heavy (non-hydrogen) atoms. The van der Waals surface area contributed by atoms with E-state index in [1.165, 1.54) is 17.6 Å². The molecule has 3 rings (SSSR count). The molecular weight excluding hydrogens is 404 g/mol. The van der Waals surface area contributed by atoms with Crippen LogP contribution in [0.3, 0.4) is 0 Å². The molecule has 0 spiro atoms. The third-order valence-electron chi connectivity index (χ3n) is 3.91. The smallest absolute Gasteiger partial charge is 0.319 e. The van der Waals surface area contributed by atoms with Crippen molar-refractivity contribution in [1.29, 1.82) is 0 Å². The predicted octanol–water partition coefficient (Wildman–Crippen LogP) is 4.46. The molecule has 3 aromatic rings. The fourth-order valence-corrected chi connectivity index (χ4v) is 3.48. The highest BCUT2D eigenvalue weighted by atomic mass is 32.1. The maximum atomic E-state index is 12.6. The summed E-state index contributed by atoms with van der Waals surface area (Å²) in [7, 11) is 0. The number of hydrogen-bond acceptors (Lipinski definition) is 5.